The fourth-order valence-corrected chi connectivity index (χ4v) is 3.36. The second kappa shape index (κ2) is 4.55. The minimum Gasteiger partial charge on any atom is -0.481 e. The van der Waals surface area contributed by atoms with E-state index >= 15 is 0 Å². The van der Waals surface area contributed by atoms with Crippen LogP contribution in [0, 0.1) is 0 Å². The largest absolute Gasteiger partial charge is 0.481 e. The Labute approximate surface area is 99.7 Å². The quantitative estimate of drug-likeness (QED) is 0.860. The van der Waals surface area contributed by atoms with Gasteiger partial charge in [-0.2, -0.15) is 0 Å². The van der Waals surface area contributed by atoms with Crippen LogP contribution in [0.2, 0.25) is 0 Å². The van der Waals surface area contributed by atoms with Crippen LogP contribution >= 0.6 is 11.3 Å². The van der Waals surface area contributed by atoms with Crippen molar-refractivity contribution in [3.63, 3.8) is 0 Å². The number of rotatable bonds is 2. The highest BCUT2D eigenvalue weighted by atomic mass is 32.1. The summed E-state index contributed by atoms with van der Waals surface area (Å²) in [6.45, 7) is 1.87. The van der Waals surface area contributed by atoms with E-state index in [1.165, 1.54) is 0 Å². The van der Waals surface area contributed by atoms with Crippen LogP contribution in [-0.4, -0.2) is 36.1 Å². The van der Waals surface area contributed by atoms with Gasteiger partial charge in [-0.15, -0.1) is 11.3 Å². The van der Waals surface area contributed by atoms with E-state index in [1.54, 1.807) is 11.3 Å². The fraction of sp³-hybridized carbons (Fsp3) is 0.583. The molecular weight excluding hydrogens is 222 g/mol. The number of hydrogen-bond donors (Lipinski definition) is 1. The standard InChI is InChI=1S/C12H17NO2S/c1-13-7-3-5-12(6-8-13,11(14)15)10-4-2-9-16-10/h2,4,9H,3,5-8H2,1H3,(H,14,15). The lowest BCUT2D eigenvalue weighted by Crippen LogP contribution is -2.36. The first kappa shape index (κ1) is 11.6. The van der Waals surface area contributed by atoms with Crippen LogP contribution in [0.25, 0.3) is 0 Å². The fourth-order valence-electron chi connectivity index (χ4n) is 2.39. The number of carbonyl (C=O) groups is 1. The molecule has 0 spiro atoms. The molecular formula is C12H17NO2S. The lowest BCUT2D eigenvalue weighted by Gasteiger charge is -2.26. The van der Waals surface area contributed by atoms with Gasteiger partial charge in [0.25, 0.3) is 0 Å². The Morgan fingerprint density at radius 3 is 2.94 bits per heavy atom. The third-order valence-corrected chi connectivity index (χ3v) is 4.54. The molecule has 1 unspecified atom stereocenters. The molecule has 1 atom stereocenters. The van der Waals surface area contributed by atoms with Crippen molar-refractivity contribution in [3.8, 4) is 0 Å². The van der Waals surface area contributed by atoms with Gasteiger partial charge < -0.3 is 10.0 Å². The average Bonchev–Trinajstić information content (AvgIpc) is 2.70. The van der Waals surface area contributed by atoms with Gasteiger partial charge in [-0.3, -0.25) is 4.79 Å². The Balaban J connectivity index is 2.32. The third kappa shape index (κ3) is 1.99. The van der Waals surface area contributed by atoms with Gasteiger partial charge in [-0.25, -0.2) is 0 Å². The molecule has 1 aliphatic rings. The van der Waals surface area contributed by atoms with E-state index in [0.717, 1.165) is 37.2 Å². The molecule has 3 nitrogen and oxygen atoms in total. The Kier molecular flexibility index (Phi) is 3.30. The molecule has 88 valence electrons. The van der Waals surface area contributed by atoms with Gasteiger partial charge in [-0.05, 0) is 50.8 Å². The smallest absolute Gasteiger partial charge is 0.315 e. The average molecular weight is 239 g/mol. The van der Waals surface area contributed by atoms with Gasteiger partial charge in [0.15, 0.2) is 0 Å². The van der Waals surface area contributed by atoms with E-state index in [4.69, 9.17) is 0 Å². The SMILES string of the molecule is CN1CCCC(C(=O)O)(c2cccs2)CC1. The minimum atomic E-state index is -0.662. The Morgan fingerprint density at radius 2 is 2.31 bits per heavy atom. The summed E-state index contributed by atoms with van der Waals surface area (Å²) in [6.07, 6.45) is 2.44. The molecule has 0 aliphatic carbocycles. The predicted octanol–water partition coefficient (Wildman–Crippen LogP) is 2.19. The number of carboxylic acid groups (broad SMARTS) is 1. The Bertz CT molecular complexity index is 363. The summed E-state index contributed by atoms with van der Waals surface area (Å²) in [5, 5.41) is 11.5. The van der Waals surface area contributed by atoms with Crippen molar-refractivity contribution in [2.45, 2.75) is 24.7 Å². The van der Waals surface area contributed by atoms with E-state index in [-0.39, 0.29) is 0 Å². The van der Waals surface area contributed by atoms with Crippen molar-refractivity contribution in [1.29, 1.82) is 0 Å². The summed E-state index contributed by atoms with van der Waals surface area (Å²) >= 11 is 1.57. The van der Waals surface area contributed by atoms with Crippen LogP contribution in [-0.2, 0) is 10.2 Å². The number of carboxylic acids is 1. The van der Waals surface area contributed by atoms with Crippen molar-refractivity contribution >= 4 is 17.3 Å². The second-order valence-corrected chi connectivity index (χ2v) is 5.47. The van der Waals surface area contributed by atoms with Gasteiger partial charge in [0.2, 0.25) is 0 Å². The number of nitrogens with zero attached hydrogens (tertiary/aromatic N) is 1. The Hall–Kier alpha value is -0.870. The predicted molar refractivity (Wildman–Crippen MR) is 65.0 cm³/mol. The second-order valence-electron chi connectivity index (χ2n) is 4.52. The monoisotopic (exact) mass is 239 g/mol. The van der Waals surface area contributed by atoms with Crippen molar-refractivity contribution in [1.82, 2.24) is 4.90 Å². The molecule has 0 amide bonds. The van der Waals surface area contributed by atoms with Crippen molar-refractivity contribution in [2.75, 3.05) is 20.1 Å². The first-order chi connectivity index (χ1) is 7.65. The summed E-state index contributed by atoms with van der Waals surface area (Å²) in [7, 11) is 2.06. The molecule has 0 saturated carbocycles. The van der Waals surface area contributed by atoms with Crippen LogP contribution < -0.4 is 0 Å². The van der Waals surface area contributed by atoms with Crippen LogP contribution in [0.4, 0.5) is 0 Å². The summed E-state index contributed by atoms with van der Waals surface area (Å²) in [5.41, 5.74) is -0.640. The first-order valence-corrected chi connectivity index (χ1v) is 6.49. The summed E-state index contributed by atoms with van der Waals surface area (Å²) in [4.78, 5) is 14.9. The minimum absolute atomic E-state index is 0.640. The number of aliphatic carboxylic acids is 1. The molecule has 1 fully saturated rings. The van der Waals surface area contributed by atoms with E-state index in [0.29, 0.717) is 0 Å². The highest BCUT2D eigenvalue weighted by Crippen LogP contribution is 2.38. The van der Waals surface area contributed by atoms with Crippen LogP contribution in [0.5, 0.6) is 0 Å². The molecule has 16 heavy (non-hydrogen) atoms. The third-order valence-electron chi connectivity index (χ3n) is 3.47. The molecule has 1 aliphatic heterocycles. The first-order valence-electron chi connectivity index (χ1n) is 5.61. The normalized spacial score (nSPS) is 27.6. The molecule has 0 radical (unpaired) electrons. The van der Waals surface area contributed by atoms with Crippen LogP contribution in [0.15, 0.2) is 17.5 Å². The molecule has 2 rings (SSSR count). The van der Waals surface area contributed by atoms with Crippen LogP contribution in [0.1, 0.15) is 24.1 Å². The molecule has 1 aromatic heterocycles. The van der Waals surface area contributed by atoms with Gasteiger partial charge in [0.1, 0.15) is 5.41 Å². The van der Waals surface area contributed by atoms with Gasteiger partial charge in [-0.1, -0.05) is 6.07 Å². The number of hydrogen-bond acceptors (Lipinski definition) is 3. The molecule has 1 aromatic rings. The molecule has 4 heteroatoms. The molecule has 0 bridgehead atoms. The van der Waals surface area contributed by atoms with E-state index < -0.39 is 11.4 Å². The summed E-state index contributed by atoms with van der Waals surface area (Å²) < 4.78 is 0. The highest BCUT2D eigenvalue weighted by molar-refractivity contribution is 7.10. The number of likely N-dealkylation sites (tertiary alicyclic amines) is 1. The van der Waals surface area contributed by atoms with E-state index in [1.807, 2.05) is 17.5 Å². The zero-order valence-electron chi connectivity index (χ0n) is 9.48. The molecule has 2 heterocycles. The number of thiophene rings is 1. The highest BCUT2D eigenvalue weighted by Gasteiger charge is 2.41. The van der Waals surface area contributed by atoms with Crippen LogP contribution in [0.3, 0.4) is 0 Å². The molecule has 1 N–H and O–H groups in total. The van der Waals surface area contributed by atoms with Crippen molar-refractivity contribution < 1.29 is 9.90 Å². The van der Waals surface area contributed by atoms with Gasteiger partial charge in [0, 0.05) is 4.88 Å². The van der Waals surface area contributed by atoms with Crippen molar-refractivity contribution in [2.24, 2.45) is 0 Å². The summed E-state index contributed by atoms with van der Waals surface area (Å²) in [5.74, 6) is -0.662. The lowest BCUT2D eigenvalue weighted by molar-refractivity contribution is -0.144. The van der Waals surface area contributed by atoms with E-state index in [9.17, 15) is 9.90 Å². The Morgan fingerprint density at radius 1 is 1.50 bits per heavy atom. The molecule has 1 saturated heterocycles. The maximum atomic E-state index is 11.6. The lowest BCUT2D eigenvalue weighted by atomic mass is 9.79. The summed E-state index contributed by atoms with van der Waals surface area (Å²) in [6, 6.07) is 3.91. The topological polar surface area (TPSA) is 40.5 Å². The zero-order chi connectivity index (χ0) is 11.6. The zero-order valence-corrected chi connectivity index (χ0v) is 10.3. The van der Waals surface area contributed by atoms with Gasteiger partial charge in [0.05, 0.1) is 0 Å². The molecule has 0 aromatic carbocycles. The van der Waals surface area contributed by atoms with Crippen molar-refractivity contribution in [3.05, 3.63) is 22.4 Å². The van der Waals surface area contributed by atoms with E-state index in [2.05, 4.69) is 11.9 Å². The maximum Gasteiger partial charge on any atom is 0.315 e. The van der Waals surface area contributed by atoms with Gasteiger partial charge >= 0.3 is 5.97 Å². The maximum absolute atomic E-state index is 11.6.